The summed E-state index contributed by atoms with van der Waals surface area (Å²) in [5.74, 6) is -0.933. The summed E-state index contributed by atoms with van der Waals surface area (Å²) < 4.78 is 0. The molecule has 0 rings (SSSR count). The molecule has 24 heavy (non-hydrogen) atoms. The third-order valence-corrected chi connectivity index (χ3v) is 3.66. The maximum atomic E-state index is 10.4. The first-order valence-corrected chi connectivity index (χ1v) is 9.12. The fourth-order valence-electron chi connectivity index (χ4n) is 1.87. The molecule has 5 N–H and O–H groups in total. The minimum atomic E-state index is -0.933. The zero-order valence-corrected chi connectivity index (χ0v) is 15.7. The predicted molar refractivity (Wildman–Crippen MR) is 97.2 cm³/mol. The van der Waals surface area contributed by atoms with Gasteiger partial charge in [0.15, 0.2) is 0 Å². The summed E-state index contributed by atoms with van der Waals surface area (Å²) in [6.45, 7) is 0.604. The molecule has 6 nitrogen and oxygen atoms in total. The molecule has 0 aromatic carbocycles. The second-order valence-electron chi connectivity index (χ2n) is 5.56. The van der Waals surface area contributed by atoms with Crippen LogP contribution in [0, 0.1) is 0 Å². The monoisotopic (exact) mass is 384 g/mol. The average molecular weight is 385 g/mol. The van der Waals surface area contributed by atoms with Crippen molar-refractivity contribution in [1.29, 1.82) is 0 Å². The molecule has 0 heterocycles. The van der Waals surface area contributed by atoms with Gasteiger partial charge in [0.2, 0.25) is 10.5 Å². The summed E-state index contributed by atoms with van der Waals surface area (Å²) in [6, 6.07) is -0.716. The number of hydrogen-bond acceptors (Lipinski definition) is 5. The highest BCUT2D eigenvalue weighted by Crippen LogP contribution is 2.10. The lowest BCUT2D eigenvalue weighted by atomic mass is 10.1. The SMILES string of the molecule is NCCCC[C@H](N)C(=O)O.O=C(Cl)CCCCCCCCC(=O)Cl. The summed E-state index contributed by atoms with van der Waals surface area (Å²) in [4.78, 5) is 30.9. The van der Waals surface area contributed by atoms with Gasteiger partial charge in [0.05, 0.1) is 0 Å². The van der Waals surface area contributed by atoms with Crippen molar-refractivity contribution in [2.45, 2.75) is 76.7 Å². The van der Waals surface area contributed by atoms with Crippen LogP contribution in [0.15, 0.2) is 0 Å². The molecule has 0 aliphatic rings. The van der Waals surface area contributed by atoms with Crippen LogP contribution < -0.4 is 11.5 Å². The van der Waals surface area contributed by atoms with E-state index in [1.807, 2.05) is 0 Å². The van der Waals surface area contributed by atoms with Crippen molar-refractivity contribution in [3.05, 3.63) is 0 Å². The first kappa shape index (κ1) is 25.5. The molecule has 0 aromatic rings. The number of aliphatic carboxylic acids is 1. The van der Waals surface area contributed by atoms with Crippen molar-refractivity contribution < 1.29 is 19.5 Å². The second-order valence-corrected chi connectivity index (χ2v) is 6.40. The van der Waals surface area contributed by atoms with E-state index in [1.54, 1.807) is 0 Å². The number of hydrogen-bond donors (Lipinski definition) is 3. The first-order chi connectivity index (χ1) is 11.3. The van der Waals surface area contributed by atoms with Crippen molar-refractivity contribution in [3.8, 4) is 0 Å². The van der Waals surface area contributed by atoms with E-state index in [1.165, 1.54) is 0 Å². The Labute approximate surface area is 154 Å². The van der Waals surface area contributed by atoms with Gasteiger partial charge < -0.3 is 16.6 Å². The maximum absolute atomic E-state index is 10.4. The number of carbonyl (C=O) groups excluding carboxylic acids is 2. The van der Waals surface area contributed by atoms with Crippen LogP contribution in [-0.2, 0) is 14.4 Å². The van der Waals surface area contributed by atoms with Crippen molar-refractivity contribution in [1.82, 2.24) is 0 Å². The quantitative estimate of drug-likeness (QED) is 0.312. The van der Waals surface area contributed by atoms with Gasteiger partial charge in [0, 0.05) is 12.8 Å². The van der Waals surface area contributed by atoms with E-state index < -0.39 is 12.0 Å². The summed E-state index contributed by atoms with van der Waals surface area (Å²) in [7, 11) is 0. The highest BCUT2D eigenvalue weighted by atomic mass is 35.5. The van der Waals surface area contributed by atoms with Crippen LogP contribution in [0.3, 0.4) is 0 Å². The van der Waals surface area contributed by atoms with E-state index in [4.69, 9.17) is 39.8 Å². The standard InChI is InChI=1S/C10H16Cl2O2.C6H14N2O2/c11-9(13)7-5-3-1-2-4-6-8-10(12)14;7-4-2-1-3-5(8)6(9)10/h1-8H2;5H,1-4,7-8H2,(H,9,10)/t;5-/m.0/s1. The summed E-state index contributed by atoms with van der Waals surface area (Å²) in [5.41, 5.74) is 10.4. The fraction of sp³-hybridized carbons (Fsp3) is 0.812. The molecule has 0 saturated carbocycles. The van der Waals surface area contributed by atoms with Gasteiger partial charge in [0.25, 0.3) is 0 Å². The lowest BCUT2D eigenvalue weighted by molar-refractivity contribution is -0.138. The van der Waals surface area contributed by atoms with Crippen LogP contribution in [-0.4, -0.2) is 34.1 Å². The Hall–Kier alpha value is -0.690. The zero-order chi connectivity index (χ0) is 18.8. The normalized spacial score (nSPS) is 11.3. The summed E-state index contributed by atoms with van der Waals surface area (Å²) >= 11 is 10.4. The summed E-state index contributed by atoms with van der Waals surface area (Å²) in [5, 5.41) is 7.82. The van der Waals surface area contributed by atoms with Gasteiger partial charge in [-0.1, -0.05) is 32.1 Å². The van der Waals surface area contributed by atoms with Gasteiger partial charge in [0.1, 0.15) is 6.04 Å². The number of rotatable bonds is 14. The molecule has 0 saturated heterocycles. The Bertz CT molecular complexity index is 335. The largest absolute Gasteiger partial charge is 0.480 e. The van der Waals surface area contributed by atoms with Gasteiger partial charge in [-0.25, -0.2) is 0 Å². The number of nitrogens with two attached hydrogens (primary N) is 2. The molecule has 0 aromatic heterocycles. The van der Waals surface area contributed by atoms with E-state index in [2.05, 4.69) is 0 Å². The van der Waals surface area contributed by atoms with Gasteiger partial charge >= 0.3 is 5.97 Å². The Kier molecular flexibility index (Phi) is 19.8. The number of carbonyl (C=O) groups is 3. The number of unbranched alkanes of at least 4 members (excludes halogenated alkanes) is 6. The van der Waals surface area contributed by atoms with E-state index in [-0.39, 0.29) is 10.5 Å². The zero-order valence-electron chi connectivity index (χ0n) is 14.1. The minimum absolute atomic E-state index is 0.252. The lowest BCUT2D eigenvalue weighted by Crippen LogP contribution is -2.29. The molecular weight excluding hydrogens is 355 g/mol. The molecule has 8 heteroatoms. The molecule has 0 bridgehead atoms. The van der Waals surface area contributed by atoms with Crippen LogP contribution in [0.2, 0.25) is 0 Å². The van der Waals surface area contributed by atoms with E-state index in [0.29, 0.717) is 25.8 Å². The van der Waals surface area contributed by atoms with Crippen LogP contribution >= 0.6 is 23.2 Å². The molecule has 0 unspecified atom stereocenters. The Morgan fingerprint density at radius 2 is 1.21 bits per heavy atom. The van der Waals surface area contributed by atoms with Crippen LogP contribution in [0.5, 0.6) is 0 Å². The van der Waals surface area contributed by atoms with Gasteiger partial charge in [-0.2, -0.15) is 0 Å². The number of carboxylic acid groups (broad SMARTS) is 1. The minimum Gasteiger partial charge on any atom is -0.480 e. The molecular formula is C16H30Cl2N2O4. The molecule has 0 fully saturated rings. The average Bonchev–Trinajstić information content (AvgIpc) is 2.50. The molecule has 0 aliphatic heterocycles. The Morgan fingerprint density at radius 3 is 1.54 bits per heavy atom. The van der Waals surface area contributed by atoms with Crippen molar-refractivity contribution in [2.75, 3.05) is 6.54 Å². The highest BCUT2D eigenvalue weighted by molar-refractivity contribution is 6.63. The molecule has 0 aliphatic carbocycles. The second kappa shape index (κ2) is 18.6. The third-order valence-electron chi connectivity index (χ3n) is 3.28. The number of halogens is 2. The van der Waals surface area contributed by atoms with Crippen molar-refractivity contribution in [2.24, 2.45) is 11.5 Å². The van der Waals surface area contributed by atoms with E-state index >= 15 is 0 Å². The van der Waals surface area contributed by atoms with E-state index in [9.17, 15) is 14.4 Å². The van der Waals surface area contributed by atoms with Gasteiger partial charge in [-0.3, -0.25) is 14.4 Å². The first-order valence-electron chi connectivity index (χ1n) is 8.36. The van der Waals surface area contributed by atoms with Crippen LogP contribution in [0.25, 0.3) is 0 Å². The third kappa shape index (κ3) is 23.6. The van der Waals surface area contributed by atoms with E-state index in [0.717, 1.165) is 51.4 Å². The summed E-state index contributed by atoms with van der Waals surface area (Å²) in [6.07, 6.45) is 9.12. The van der Waals surface area contributed by atoms with Crippen molar-refractivity contribution in [3.63, 3.8) is 0 Å². The predicted octanol–water partition coefficient (Wildman–Crippen LogP) is 3.17. The molecule has 0 amide bonds. The molecule has 1 atom stereocenters. The number of carboxylic acids is 1. The van der Waals surface area contributed by atoms with Crippen molar-refractivity contribution >= 4 is 39.7 Å². The smallest absolute Gasteiger partial charge is 0.320 e. The lowest BCUT2D eigenvalue weighted by Gasteiger charge is -2.03. The van der Waals surface area contributed by atoms with Crippen LogP contribution in [0.1, 0.15) is 70.6 Å². The van der Waals surface area contributed by atoms with Gasteiger partial charge in [-0.15, -0.1) is 0 Å². The van der Waals surface area contributed by atoms with Crippen LogP contribution in [0.4, 0.5) is 0 Å². The Morgan fingerprint density at radius 1 is 0.792 bits per heavy atom. The molecule has 142 valence electrons. The maximum Gasteiger partial charge on any atom is 0.320 e. The Balaban J connectivity index is 0. The molecule has 0 spiro atoms. The fourth-order valence-corrected chi connectivity index (χ4v) is 2.13. The molecule has 0 radical (unpaired) electrons. The van der Waals surface area contributed by atoms with Gasteiger partial charge in [-0.05, 0) is 55.4 Å². The topological polar surface area (TPSA) is 123 Å². The highest BCUT2D eigenvalue weighted by Gasteiger charge is 2.09.